The summed E-state index contributed by atoms with van der Waals surface area (Å²) in [6.45, 7) is -0.231. The van der Waals surface area contributed by atoms with Gasteiger partial charge in [0.1, 0.15) is 11.5 Å². The Labute approximate surface area is 79.5 Å². The molecule has 1 rings (SSSR count). The normalized spacial score (nSPS) is 9.43. The van der Waals surface area contributed by atoms with Gasteiger partial charge in [0.25, 0.3) is 5.91 Å². The first-order chi connectivity index (χ1) is 6.59. The van der Waals surface area contributed by atoms with Crippen LogP contribution in [-0.2, 0) is 4.79 Å². The Morgan fingerprint density at radius 1 is 1.36 bits per heavy atom. The molecular formula is C7H9N5O2. The highest BCUT2D eigenvalue weighted by molar-refractivity contribution is 5.94. The van der Waals surface area contributed by atoms with Gasteiger partial charge in [-0.15, -0.1) is 0 Å². The first kappa shape index (κ1) is 9.90. The van der Waals surface area contributed by atoms with Crippen molar-refractivity contribution in [3.8, 4) is 0 Å². The fraction of sp³-hybridized carbons (Fsp3) is 0.143. The summed E-state index contributed by atoms with van der Waals surface area (Å²) in [5.41, 5.74) is 10.2. The molecule has 0 aromatic carbocycles. The molecule has 0 unspecified atom stereocenters. The van der Waals surface area contributed by atoms with Crippen LogP contribution in [0.1, 0.15) is 10.5 Å². The molecule has 74 valence electrons. The number of anilines is 1. The number of nitrogen functional groups attached to an aromatic ring is 1. The van der Waals surface area contributed by atoms with Crippen molar-refractivity contribution < 1.29 is 9.59 Å². The minimum absolute atomic E-state index is 0.0838. The van der Waals surface area contributed by atoms with Crippen LogP contribution in [0.15, 0.2) is 12.4 Å². The largest absolute Gasteiger partial charge is 0.382 e. The van der Waals surface area contributed by atoms with E-state index in [2.05, 4.69) is 15.3 Å². The Hall–Kier alpha value is -2.18. The molecule has 0 saturated carbocycles. The van der Waals surface area contributed by atoms with Crippen LogP contribution >= 0.6 is 0 Å². The molecule has 1 aromatic heterocycles. The molecule has 0 aliphatic heterocycles. The van der Waals surface area contributed by atoms with Crippen LogP contribution < -0.4 is 16.8 Å². The fourth-order valence-corrected chi connectivity index (χ4v) is 0.713. The number of aromatic nitrogens is 2. The predicted molar refractivity (Wildman–Crippen MR) is 48.0 cm³/mol. The van der Waals surface area contributed by atoms with E-state index >= 15 is 0 Å². The second-order valence-corrected chi connectivity index (χ2v) is 2.48. The van der Waals surface area contributed by atoms with Crippen LogP contribution in [0.25, 0.3) is 0 Å². The summed E-state index contributed by atoms with van der Waals surface area (Å²) in [6.07, 6.45) is 2.46. The molecule has 0 spiro atoms. The third kappa shape index (κ3) is 2.70. The van der Waals surface area contributed by atoms with Crippen molar-refractivity contribution in [3.05, 3.63) is 18.1 Å². The molecule has 1 heterocycles. The minimum Gasteiger partial charge on any atom is -0.382 e. The van der Waals surface area contributed by atoms with Gasteiger partial charge in [-0.1, -0.05) is 0 Å². The molecule has 0 bridgehead atoms. The van der Waals surface area contributed by atoms with Crippen molar-refractivity contribution >= 4 is 17.6 Å². The zero-order valence-electron chi connectivity index (χ0n) is 7.23. The van der Waals surface area contributed by atoms with Crippen LogP contribution in [0.5, 0.6) is 0 Å². The quantitative estimate of drug-likeness (QED) is 0.528. The summed E-state index contributed by atoms with van der Waals surface area (Å²) in [4.78, 5) is 28.9. The minimum atomic E-state index is -0.623. The van der Waals surface area contributed by atoms with Gasteiger partial charge < -0.3 is 16.8 Å². The maximum absolute atomic E-state index is 11.2. The molecule has 7 heteroatoms. The second-order valence-electron chi connectivity index (χ2n) is 2.48. The van der Waals surface area contributed by atoms with E-state index in [0.29, 0.717) is 0 Å². The smallest absolute Gasteiger partial charge is 0.271 e. The molecule has 7 nitrogen and oxygen atoms in total. The van der Waals surface area contributed by atoms with Crippen molar-refractivity contribution in [2.75, 3.05) is 12.3 Å². The Balaban J connectivity index is 2.61. The number of hydrogen-bond donors (Lipinski definition) is 3. The molecule has 1 aromatic rings. The summed E-state index contributed by atoms with van der Waals surface area (Å²) >= 11 is 0. The average molecular weight is 195 g/mol. The molecule has 0 aliphatic carbocycles. The van der Waals surface area contributed by atoms with Gasteiger partial charge in [0.2, 0.25) is 5.91 Å². The lowest BCUT2D eigenvalue weighted by Gasteiger charge is -2.00. The van der Waals surface area contributed by atoms with Gasteiger partial charge in [-0.2, -0.15) is 0 Å². The van der Waals surface area contributed by atoms with E-state index in [4.69, 9.17) is 11.5 Å². The van der Waals surface area contributed by atoms with Crippen LogP contribution in [0.3, 0.4) is 0 Å². The highest BCUT2D eigenvalue weighted by atomic mass is 16.2. The number of primary amides is 1. The number of nitrogens with two attached hydrogens (primary N) is 2. The zero-order valence-corrected chi connectivity index (χ0v) is 7.23. The van der Waals surface area contributed by atoms with E-state index in [0.717, 1.165) is 0 Å². The average Bonchev–Trinajstić information content (AvgIpc) is 2.15. The lowest BCUT2D eigenvalue weighted by atomic mass is 10.4. The monoisotopic (exact) mass is 195 g/mol. The zero-order chi connectivity index (χ0) is 10.6. The molecule has 0 saturated heterocycles. The lowest BCUT2D eigenvalue weighted by Crippen LogP contribution is -2.33. The topological polar surface area (TPSA) is 124 Å². The van der Waals surface area contributed by atoms with E-state index < -0.39 is 11.8 Å². The Morgan fingerprint density at radius 3 is 2.57 bits per heavy atom. The van der Waals surface area contributed by atoms with Crippen LogP contribution in [-0.4, -0.2) is 28.3 Å². The van der Waals surface area contributed by atoms with E-state index in [1.807, 2.05) is 0 Å². The van der Waals surface area contributed by atoms with E-state index in [1.165, 1.54) is 12.4 Å². The Morgan fingerprint density at radius 2 is 2.07 bits per heavy atom. The molecular weight excluding hydrogens is 186 g/mol. The number of carbonyl (C=O) groups is 2. The van der Waals surface area contributed by atoms with Gasteiger partial charge in [0.15, 0.2) is 0 Å². The molecule has 2 amide bonds. The maximum Gasteiger partial charge on any atom is 0.271 e. The molecule has 0 radical (unpaired) electrons. The third-order valence-electron chi connectivity index (χ3n) is 1.33. The van der Waals surface area contributed by atoms with Crippen LogP contribution in [0, 0.1) is 0 Å². The first-order valence-corrected chi connectivity index (χ1v) is 3.73. The second kappa shape index (κ2) is 4.17. The van der Waals surface area contributed by atoms with Crippen LogP contribution in [0.2, 0.25) is 0 Å². The fourth-order valence-electron chi connectivity index (χ4n) is 0.713. The maximum atomic E-state index is 11.2. The summed E-state index contributed by atoms with van der Waals surface area (Å²) in [5, 5.41) is 2.26. The number of amides is 2. The summed E-state index contributed by atoms with van der Waals surface area (Å²) in [6, 6.07) is 0. The van der Waals surface area contributed by atoms with Gasteiger partial charge in [-0.25, -0.2) is 9.97 Å². The predicted octanol–water partition coefficient (Wildman–Crippen LogP) is -1.73. The molecule has 0 aliphatic rings. The Kier molecular flexibility index (Phi) is 2.95. The van der Waals surface area contributed by atoms with Gasteiger partial charge in [0.05, 0.1) is 18.9 Å². The summed E-state index contributed by atoms with van der Waals surface area (Å²) < 4.78 is 0. The van der Waals surface area contributed by atoms with Crippen LogP contribution in [0.4, 0.5) is 5.82 Å². The van der Waals surface area contributed by atoms with Gasteiger partial charge >= 0.3 is 0 Å². The summed E-state index contributed by atoms with van der Waals surface area (Å²) in [7, 11) is 0. The van der Waals surface area contributed by atoms with Gasteiger partial charge in [0, 0.05) is 0 Å². The number of rotatable bonds is 3. The van der Waals surface area contributed by atoms with Gasteiger partial charge in [-0.3, -0.25) is 9.59 Å². The number of nitrogens with zero attached hydrogens (tertiary/aromatic N) is 2. The standard InChI is InChI=1S/C7H9N5O2/c8-5-2-10-4(1-11-5)7(14)12-3-6(9)13/h1-2H,3H2,(H2,8,11)(H2,9,13)(H,12,14). The lowest BCUT2D eigenvalue weighted by molar-refractivity contribution is -0.117. The van der Waals surface area contributed by atoms with E-state index in [-0.39, 0.29) is 18.1 Å². The van der Waals surface area contributed by atoms with Crippen molar-refractivity contribution in [3.63, 3.8) is 0 Å². The number of carbonyl (C=O) groups excluding carboxylic acids is 2. The van der Waals surface area contributed by atoms with Gasteiger partial charge in [-0.05, 0) is 0 Å². The van der Waals surface area contributed by atoms with E-state index in [9.17, 15) is 9.59 Å². The highest BCUT2D eigenvalue weighted by Crippen LogP contribution is 1.95. The molecule has 0 fully saturated rings. The van der Waals surface area contributed by atoms with Crippen molar-refractivity contribution in [1.82, 2.24) is 15.3 Å². The SMILES string of the molecule is NC(=O)CNC(=O)c1cnc(N)cn1. The first-order valence-electron chi connectivity index (χ1n) is 3.73. The molecule has 5 N–H and O–H groups in total. The summed E-state index contributed by atoms with van der Waals surface area (Å²) in [5.74, 6) is -0.922. The van der Waals surface area contributed by atoms with Crippen molar-refractivity contribution in [2.45, 2.75) is 0 Å². The Bertz CT molecular complexity index is 348. The molecule has 14 heavy (non-hydrogen) atoms. The van der Waals surface area contributed by atoms with E-state index in [1.54, 1.807) is 0 Å². The van der Waals surface area contributed by atoms with Crippen molar-refractivity contribution in [2.24, 2.45) is 5.73 Å². The van der Waals surface area contributed by atoms with Crippen molar-refractivity contribution in [1.29, 1.82) is 0 Å². The molecule has 0 atom stereocenters. The number of nitrogens with one attached hydrogen (secondary N) is 1. The highest BCUT2D eigenvalue weighted by Gasteiger charge is 2.07. The number of hydrogen-bond acceptors (Lipinski definition) is 5. The third-order valence-corrected chi connectivity index (χ3v) is 1.33.